The molecule has 0 bridgehead atoms. The van der Waals surface area contributed by atoms with Crippen LogP contribution in [0.5, 0.6) is 0 Å². The van der Waals surface area contributed by atoms with Gasteiger partial charge in [0, 0.05) is 18.1 Å². The van der Waals surface area contributed by atoms with E-state index >= 15 is 0 Å². The zero-order valence-corrected chi connectivity index (χ0v) is 10.3. The largest absolute Gasteiger partial charge is 0.325 e. The fourth-order valence-electron chi connectivity index (χ4n) is 3.36. The van der Waals surface area contributed by atoms with E-state index in [0.717, 1.165) is 5.92 Å². The first kappa shape index (κ1) is 11.4. The Morgan fingerprint density at radius 1 is 1.33 bits per heavy atom. The molecule has 1 atom stereocenters. The first-order valence-electron chi connectivity index (χ1n) is 6.62. The molecule has 2 aliphatic rings. The van der Waals surface area contributed by atoms with Crippen LogP contribution < -0.4 is 5.73 Å². The van der Waals surface area contributed by atoms with Crippen molar-refractivity contribution in [3.63, 3.8) is 0 Å². The van der Waals surface area contributed by atoms with E-state index in [4.69, 9.17) is 5.73 Å². The topological polar surface area (TPSA) is 29.3 Å². The van der Waals surface area contributed by atoms with Crippen molar-refractivity contribution in [1.82, 2.24) is 4.90 Å². The Bertz CT molecular complexity index is 207. The Morgan fingerprint density at radius 3 is 2.53 bits per heavy atom. The van der Waals surface area contributed by atoms with Gasteiger partial charge in [0.25, 0.3) is 0 Å². The van der Waals surface area contributed by atoms with Gasteiger partial charge in [0.05, 0.1) is 0 Å². The molecule has 2 heteroatoms. The van der Waals surface area contributed by atoms with Gasteiger partial charge in [-0.2, -0.15) is 0 Å². The summed E-state index contributed by atoms with van der Waals surface area (Å²) in [5, 5.41) is 0. The molecule has 0 spiro atoms. The molecule has 1 saturated heterocycles. The zero-order chi connectivity index (χ0) is 10.9. The minimum absolute atomic E-state index is 0.206. The molecule has 2 rings (SSSR count). The van der Waals surface area contributed by atoms with Crippen LogP contribution in [-0.4, -0.2) is 29.6 Å². The van der Waals surface area contributed by atoms with Crippen molar-refractivity contribution in [2.24, 2.45) is 11.7 Å². The summed E-state index contributed by atoms with van der Waals surface area (Å²) >= 11 is 0. The second kappa shape index (κ2) is 4.42. The third-order valence-electron chi connectivity index (χ3n) is 4.34. The molecule has 1 unspecified atom stereocenters. The first-order valence-corrected chi connectivity index (χ1v) is 6.62. The molecular formula is C13H26N2. The van der Waals surface area contributed by atoms with Gasteiger partial charge in [-0.15, -0.1) is 0 Å². The van der Waals surface area contributed by atoms with Crippen molar-refractivity contribution < 1.29 is 0 Å². The quantitative estimate of drug-likeness (QED) is 0.775. The van der Waals surface area contributed by atoms with Crippen LogP contribution in [0.3, 0.4) is 0 Å². The van der Waals surface area contributed by atoms with Crippen molar-refractivity contribution in [2.45, 2.75) is 64.0 Å². The molecule has 2 N–H and O–H groups in total. The van der Waals surface area contributed by atoms with Crippen LogP contribution in [0, 0.1) is 5.92 Å². The van der Waals surface area contributed by atoms with E-state index in [1.54, 1.807) is 0 Å². The Morgan fingerprint density at radius 2 is 2.00 bits per heavy atom. The molecule has 0 aromatic rings. The smallest absolute Gasteiger partial charge is 0.0157 e. The fraction of sp³-hybridized carbons (Fsp3) is 1.00. The summed E-state index contributed by atoms with van der Waals surface area (Å²) in [5.41, 5.74) is 6.65. The standard InChI is InChI=1S/C13H26N2/c1-11(2)15-8-5-12(10-15)9-13(14)6-3-4-7-13/h11-12H,3-10,14H2,1-2H3. The highest BCUT2D eigenvalue weighted by Crippen LogP contribution is 2.35. The number of hydrogen-bond donors (Lipinski definition) is 1. The van der Waals surface area contributed by atoms with E-state index in [1.165, 1.54) is 51.6 Å². The Hall–Kier alpha value is -0.0800. The molecule has 0 aromatic heterocycles. The maximum atomic E-state index is 6.44. The summed E-state index contributed by atoms with van der Waals surface area (Å²) in [4.78, 5) is 2.60. The van der Waals surface area contributed by atoms with E-state index in [1.807, 2.05) is 0 Å². The van der Waals surface area contributed by atoms with Crippen molar-refractivity contribution in [2.75, 3.05) is 13.1 Å². The van der Waals surface area contributed by atoms with Crippen LogP contribution in [-0.2, 0) is 0 Å². The van der Waals surface area contributed by atoms with Gasteiger partial charge in [-0.3, -0.25) is 0 Å². The Kier molecular flexibility index (Phi) is 3.36. The van der Waals surface area contributed by atoms with Crippen molar-refractivity contribution in [1.29, 1.82) is 0 Å². The van der Waals surface area contributed by atoms with E-state index in [-0.39, 0.29) is 5.54 Å². The summed E-state index contributed by atoms with van der Waals surface area (Å²) in [7, 11) is 0. The highest BCUT2D eigenvalue weighted by atomic mass is 15.2. The molecule has 0 amide bonds. The number of nitrogens with two attached hydrogens (primary N) is 1. The van der Waals surface area contributed by atoms with Crippen LogP contribution in [0.2, 0.25) is 0 Å². The van der Waals surface area contributed by atoms with Crippen LogP contribution in [0.4, 0.5) is 0 Å². The van der Waals surface area contributed by atoms with E-state index in [9.17, 15) is 0 Å². The van der Waals surface area contributed by atoms with Gasteiger partial charge in [-0.1, -0.05) is 12.8 Å². The normalized spacial score (nSPS) is 31.6. The number of likely N-dealkylation sites (tertiary alicyclic amines) is 1. The summed E-state index contributed by atoms with van der Waals surface area (Å²) in [5.74, 6) is 0.871. The van der Waals surface area contributed by atoms with Crippen LogP contribution in [0.15, 0.2) is 0 Å². The second-order valence-electron chi connectivity index (χ2n) is 6.02. The maximum Gasteiger partial charge on any atom is 0.0157 e. The Labute approximate surface area is 94.2 Å². The van der Waals surface area contributed by atoms with E-state index in [0.29, 0.717) is 6.04 Å². The molecule has 0 radical (unpaired) electrons. The molecule has 2 fully saturated rings. The number of rotatable bonds is 3. The van der Waals surface area contributed by atoms with Crippen LogP contribution in [0.25, 0.3) is 0 Å². The van der Waals surface area contributed by atoms with Gasteiger partial charge in [0.15, 0.2) is 0 Å². The molecule has 1 heterocycles. The lowest BCUT2D eigenvalue weighted by atomic mass is 9.86. The lowest BCUT2D eigenvalue weighted by molar-refractivity contribution is 0.249. The third-order valence-corrected chi connectivity index (χ3v) is 4.34. The van der Waals surface area contributed by atoms with Gasteiger partial charge < -0.3 is 10.6 Å². The van der Waals surface area contributed by atoms with Crippen molar-refractivity contribution >= 4 is 0 Å². The molecule has 1 aliphatic heterocycles. The van der Waals surface area contributed by atoms with Gasteiger partial charge in [0.2, 0.25) is 0 Å². The molecule has 88 valence electrons. The average molecular weight is 210 g/mol. The zero-order valence-electron chi connectivity index (χ0n) is 10.3. The monoisotopic (exact) mass is 210 g/mol. The second-order valence-corrected chi connectivity index (χ2v) is 6.02. The third kappa shape index (κ3) is 2.73. The minimum atomic E-state index is 0.206. The highest BCUT2D eigenvalue weighted by molar-refractivity contribution is 4.93. The van der Waals surface area contributed by atoms with Gasteiger partial charge in [-0.05, 0) is 52.0 Å². The SMILES string of the molecule is CC(C)N1CCC(CC2(N)CCCC2)C1. The molecule has 15 heavy (non-hydrogen) atoms. The molecule has 2 nitrogen and oxygen atoms in total. The minimum Gasteiger partial charge on any atom is -0.325 e. The summed E-state index contributed by atoms with van der Waals surface area (Å²) in [6.45, 7) is 7.18. The molecule has 1 saturated carbocycles. The maximum absolute atomic E-state index is 6.44. The molecule has 1 aliphatic carbocycles. The predicted octanol–water partition coefficient (Wildman–Crippen LogP) is 2.38. The lowest BCUT2D eigenvalue weighted by Gasteiger charge is -2.27. The lowest BCUT2D eigenvalue weighted by Crippen LogP contribution is -2.39. The molecular weight excluding hydrogens is 184 g/mol. The predicted molar refractivity (Wildman–Crippen MR) is 64.8 cm³/mol. The van der Waals surface area contributed by atoms with Crippen molar-refractivity contribution in [3.8, 4) is 0 Å². The summed E-state index contributed by atoms with van der Waals surface area (Å²) in [6.07, 6.45) is 7.90. The first-order chi connectivity index (χ1) is 7.09. The number of nitrogens with zero attached hydrogens (tertiary/aromatic N) is 1. The van der Waals surface area contributed by atoms with Gasteiger partial charge in [-0.25, -0.2) is 0 Å². The number of hydrogen-bond acceptors (Lipinski definition) is 2. The summed E-state index contributed by atoms with van der Waals surface area (Å²) < 4.78 is 0. The fourth-order valence-corrected chi connectivity index (χ4v) is 3.36. The van der Waals surface area contributed by atoms with E-state index < -0.39 is 0 Å². The van der Waals surface area contributed by atoms with Crippen LogP contribution in [0.1, 0.15) is 52.4 Å². The van der Waals surface area contributed by atoms with Gasteiger partial charge >= 0.3 is 0 Å². The average Bonchev–Trinajstić information content (AvgIpc) is 2.75. The van der Waals surface area contributed by atoms with Crippen LogP contribution >= 0.6 is 0 Å². The Balaban J connectivity index is 1.81. The van der Waals surface area contributed by atoms with E-state index in [2.05, 4.69) is 18.7 Å². The molecule has 0 aromatic carbocycles. The highest BCUT2D eigenvalue weighted by Gasteiger charge is 2.34. The summed E-state index contributed by atoms with van der Waals surface area (Å²) in [6, 6.07) is 0.715. The van der Waals surface area contributed by atoms with Gasteiger partial charge in [0.1, 0.15) is 0 Å². The van der Waals surface area contributed by atoms with Crippen molar-refractivity contribution in [3.05, 3.63) is 0 Å².